The average molecular weight is 306 g/mol. The van der Waals surface area contributed by atoms with Crippen LogP contribution in [0.25, 0.3) is 0 Å². The van der Waals surface area contributed by atoms with E-state index in [1.54, 1.807) is 0 Å². The van der Waals surface area contributed by atoms with Crippen LogP contribution in [-0.2, 0) is 4.79 Å². The van der Waals surface area contributed by atoms with Gasteiger partial charge in [-0.25, -0.2) is 0 Å². The first-order chi connectivity index (χ1) is 10.7. The summed E-state index contributed by atoms with van der Waals surface area (Å²) in [5.74, 6) is 1.88. The van der Waals surface area contributed by atoms with Crippen LogP contribution < -0.4 is 14.8 Å². The lowest BCUT2D eigenvalue weighted by atomic mass is 10.2. The summed E-state index contributed by atoms with van der Waals surface area (Å²) in [4.78, 5) is 14.1. The Morgan fingerprint density at radius 3 is 2.59 bits per heavy atom. The molecular formula is C17H26N2O3. The minimum absolute atomic E-state index is 0.226. The molecule has 1 heterocycles. The maximum absolute atomic E-state index is 12.2. The van der Waals surface area contributed by atoms with E-state index < -0.39 is 0 Å². The van der Waals surface area contributed by atoms with Gasteiger partial charge in [0.1, 0.15) is 11.5 Å². The number of carbonyl (C=O) groups excluding carboxylic acids is 1. The van der Waals surface area contributed by atoms with Crippen molar-refractivity contribution in [1.82, 2.24) is 10.2 Å². The molecule has 0 aromatic heterocycles. The first-order valence-corrected chi connectivity index (χ1v) is 8.06. The van der Waals surface area contributed by atoms with Crippen LogP contribution in [0.1, 0.15) is 26.7 Å². The Hall–Kier alpha value is -1.75. The summed E-state index contributed by atoms with van der Waals surface area (Å²) in [6.07, 6.45) is 1.28. The molecule has 1 N–H and O–H groups in total. The molecule has 1 saturated heterocycles. The Balaban J connectivity index is 1.67. The predicted octanol–water partition coefficient (Wildman–Crippen LogP) is 2.06. The lowest BCUT2D eigenvalue weighted by Crippen LogP contribution is -2.52. The number of hydrogen-bond acceptors (Lipinski definition) is 4. The van der Waals surface area contributed by atoms with Crippen molar-refractivity contribution in [2.75, 3.05) is 32.8 Å². The number of hydrogen-bond donors (Lipinski definition) is 1. The summed E-state index contributed by atoms with van der Waals surface area (Å²) in [5.41, 5.74) is 0. The summed E-state index contributed by atoms with van der Waals surface area (Å²) >= 11 is 0. The molecule has 0 radical (unpaired) electrons. The van der Waals surface area contributed by atoms with Gasteiger partial charge in [-0.05, 0) is 44.5 Å². The summed E-state index contributed by atoms with van der Waals surface area (Å²) < 4.78 is 11.0. The molecule has 1 aliphatic rings. The Kier molecular flexibility index (Phi) is 6.52. The van der Waals surface area contributed by atoms with Crippen LogP contribution in [0.4, 0.5) is 0 Å². The topological polar surface area (TPSA) is 50.8 Å². The van der Waals surface area contributed by atoms with Gasteiger partial charge in [0, 0.05) is 32.1 Å². The number of carbonyl (C=O) groups is 1. The third kappa shape index (κ3) is 4.91. The van der Waals surface area contributed by atoms with Crippen molar-refractivity contribution in [3.05, 3.63) is 24.3 Å². The fraction of sp³-hybridized carbons (Fsp3) is 0.588. The molecule has 0 spiro atoms. The fourth-order valence-electron chi connectivity index (χ4n) is 2.57. The molecule has 1 aromatic carbocycles. The van der Waals surface area contributed by atoms with E-state index in [4.69, 9.17) is 9.47 Å². The van der Waals surface area contributed by atoms with Crippen molar-refractivity contribution < 1.29 is 14.3 Å². The van der Waals surface area contributed by atoms with Gasteiger partial charge in [-0.2, -0.15) is 0 Å². The Labute approximate surface area is 132 Å². The fourth-order valence-corrected chi connectivity index (χ4v) is 2.57. The number of piperazine rings is 1. The maximum Gasteiger partial charge on any atom is 0.223 e. The molecule has 1 fully saturated rings. The van der Waals surface area contributed by atoms with Crippen LogP contribution in [0.5, 0.6) is 11.5 Å². The van der Waals surface area contributed by atoms with Crippen molar-refractivity contribution >= 4 is 5.91 Å². The summed E-state index contributed by atoms with van der Waals surface area (Å²) in [6, 6.07) is 7.86. The van der Waals surface area contributed by atoms with Crippen molar-refractivity contribution in [2.45, 2.75) is 32.7 Å². The maximum atomic E-state index is 12.2. The third-order valence-electron chi connectivity index (χ3n) is 3.76. The molecule has 22 heavy (non-hydrogen) atoms. The molecule has 1 amide bonds. The van der Waals surface area contributed by atoms with Gasteiger partial charge in [-0.1, -0.05) is 0 Å². The smallest absolute Gasteiger partial charge is 0.223 e. The predicted molar refractivity (Wildman–Crippen MR) is 86.4 cm³/mol. The second-order valence-corrected chi connectivity index (χ2v) is 5.50. The zero-order valence-corrected chi connectivity index (χ0v) is 13.5. The number of rotatable bonds is 7. The first-order valence-electron chi connectivity index (χ1n) is 8.06. The van der Waals surface area contributed by atoms with Crippen LogP contribution in [0.3, 0.4) is 0 Å². The van der Waals surface area contributed by atoms with Gasteiger partial charge in [0.2, 0.25) is 5.91 Å². The van der Waals surface area contributed by atoms with Crippen molar-refractivity contribution in [2.24, 2.45) is 0 Å². The number of amides is 1. The Morgan fingerprint density at radius 2 is 1.95 bits per heavy atom. The molecule has 0 bridgehead atoms. The Morgan fingerprint density at radius 1 is 1.27 bits per heavy atom. The van der Waals surface area contributed by atoms with Gasteiger partial charge in [0.15, 0.2) is 0 Å². The summed E-state index contributed by atoms with van der Waals surface area (Å²) in [7, 11) is 0. The zero-order valence-electron chi connectivity index (χ0n) is 13.5. The molecule has 1 unspecified atom stereocenters. The van der Waals surface area contributed by atoms with Crippen molar-refractivity contribution in [1.29, 1.82) is 0 Å². The SMILES string of the molecule is CCOc1ccc(OCCCC(=O)N2CCNCC2C)cc1. The standard InChI is InChI=1S/C17H26N2O3/c1-3-21-15-6-8-16(9-7-15)22-12-4-5-17(20)19-11-10-18-13-14(19)2/h6-9,14,18H,3-5,10-13H2,1-2H3. The van der Waals surface area contributed by atoms with E-state index in [1.165, 1.54) is 0 Å². The molecule has 0 saturated carbocycles. The van der Waals surface area contributed by atoms with Gasteiger partial charge in [-0.15, -0.1) is 0 Å². The van der Waals surface area contributed by atoms with Gasteiger partial charge in [0.05, 0.1) is 13.2 Å². The van der Waals surface area contributed by atoms with E-state index >= 15 is 0 Å². The molecule has 1 aromatic rings. The van der Waals surface area contributed by atoms with Crippen LogP contribution in [-0.4, -0.2) is 49.7 Å². The van der Waals surface area contributed by atoms with Crippen molar-refractivity contribution in [3.63, 3.8) is 0 Å². The molecule has 2 rings (SSSR count). The minimum Gasteiger partial charge on any atom is -0.494 e. The first kappa shape index (κ1) is 16.6. The van der Waals surface area contributed by atoms with E-state index in [9.17, 15) is 4.79 Å². The highest BCUT2D eigenvalue weighted by molar-refractivity contribution is 5.76. The minimum atomic E-state index is 0.226. The van der Waals surface area contributed by atoms with Gasteiger partial charge in [0.25, 0.3) is 0 Å². The van der Waals surface area contributed by atoms with E-state index in [2.05, 4.69) is 12.2 Å². The quantitative estimate of drug-likeness (QED) is 0.784. The van der Waals surface area contributed by atoms with Crippen LogP contribution in [0.15, 0.2) is 24.3 Å². The van der Waals surface area contributed by atoms with E-state index in [1.807, 2.05) is 36.1 Å². The molecule has 5 heteroatoms. The second kappa shape index (κ2) is 8.63. The van der Waals surface area contributed by atoms with E-state index in [0.29, 0.717) is 19.6 Å². The van der Waals surface area contributed by atoms with Crippen LogP contribution >= 0.6 is 0 Å². The molecule has 1 aliphatic heterocycles. The highest BCUT2D eigenvalue weighted by Crippen LogP contribution is 2.17. The monoisotopic (exact) mass is 306 g/mol. The van der Waals surface area contributed by atoms with Gasteiger partial charge >= 0.3 is 0 Å². The zero-order chi connectivity index (χ0) is 15.8. The number of benzene rings is 1. The molecule has 0 aliphatic carbocycles. The number of nitrogens with one attached hydrogen (secondary N) is 1. The third-order valence-corrected chi connectivity index (χ3v) is 3.76. The van der Waals surface area contributed by atoms with Gasteiger partial charge < -0.3 is 19.7 Å². The largest absolute Gasteiger partial charge is 0.494 e. The Bertz CT molecular complexity index is 461. The normalized spacial score (nSPS) is 18.1. The van der Waals surface area contributed by atoms with Gasteiger partial charge in [-0.3, -0.25) is 4.79 Å². The molecule has 5 nitrogen and oxygen atoms in total. The lowest BCUT2D eigenvalue weighted by Gasteiger charge is -2.34. The highest BCUT2D eigenvalue weighted by atomic mass is 16.5. The van der Waals surface area contributed by atoms with E-state index in [-0.39, 0.29) is 11.9 Å². The summed E-state index contributed by atoms with van der Waals surface area (Å²) in [5, 5.41) is 3.29. The lowest BCUT2D eigenvalue weighted by molar-refractivity contribution is -0.134. The highest BCUT2D eigenvalue weighted by Gasteiger charge is 2.22. The number of ether oxygens (including phenoxy) is 2. The molecule has 122 valence electrons. The molecular weight excluding hydrogens is 280 g/mol. The number of nitrogens with zero attached hydrogens (tertiary/aromatic N) is 1. The average Bonchev–Trinajstić information content (AvgIpc) is 2.53. The van der Waals surface area contributed by atoms with Crippen molar-refractivity contribution in [3.8, 4) is 11.5 Å². The van der Waals surface area contributed by atoms with Crippen LogP contribution in [0, 0.1) is 0 Å². The van der Waals surface area contributed by atoms with Crippen LogP contribution in [0.2, 0.25) is 0 Å². The molecule has 1 atom stereocenters. The van der Waals surface area contributed by atoms with E-state index in [0.717, 1.165) is 37.6 Å². The second-order valence-electron chi connectivity index (χ2n) is 5.50. The summed E-state index contributed by atoms with van der Waals surface area (Å²) in [6.45, 7) is 7.83.